The number of carboxylic acid groups (broad SMARTS) is 1. The van der Waals surface area contributed by atoms with Crippen molar-refractivity contribution in [1.29, 1.82) is 0 Å². The molecule has 2 fully saturated rings. The van der Waals surface area contributed by atoms with Crippen LogP contribution >= 0.6 is 0 Å². The normalized spacial score (nSPS) is 18.9. The SMILES string of the molecule is O=C(O)c1cn(C2CC2)c2c(F)c(N3CCC(c4ccncn4)C3)c(F)cc2c1=O. The van der Waals surface area contributed by atoms with Crippen molar-refractivity contribution in [2.45, 2.75) is 31.2 Å². The smallest absolute Gasteiger partial charge is 0.341 e. The standard InChI is InChI=1S/C21H18F2N4O3/c22-15-7-13-18(27(12-1-2-12)9-14(20(13)28)21(29)30)17(23)19(15)26-6-4-11(8-26)16-3-5-24-10-25-16/h3,5,7,9-12H,1-2,4,6,8H2,(H,29,30). The quantitative estimate of drug-likeness (QED) is 0.709. The lowest BCUT2D eigenvalue weighted by Crippen LogP contribution is -2.24. The summed E-state index contributed by atoms with van der Waals surface area (Å²) in [6.45, 7) is 0.826. The Kier molecular flexibility index (Phi) is 4.27. The average Bonchev–Trinajstić information content (AvgIpc) is 3.46. The number of carbonyl (C=O) groups is 1. The predicted molar refractivity (Wildman–Crippen MR) is 105 cm³/mol. The monoisotopic (exact) mass is 412 g/mol. The van der Waals surface area contributed by atoms with Crippen LogP contribution in [0.2, 0.25) is 0 Å². The minimum atomic E-state index is -1.41. The molecule has 2 aromatic heterocycles. The van der Waals surface area contributed by atoms with Crippen molar-refractivity contribution in [2.75, 3.05) is 18.0 Å². The zero-order chi connectivity index (χ0) is 21.0. The van der Waals surface area contributed by atoms with Gasteiger partial charge in [-0.05, 0) is 31.4 Å². The summed E-state index contributed by atoms with van der Waals surface area (Å²) in [5, 5.41) is 9.09. The van der Waals surface area contributed by atoms with Gasteiger partial charge in [0, 0.05) is 43.1 Å². The Hall–Kier alpha value is -3.36. The molecule has 3 aromatic rings. The van der Waals surface area contributed by atoms with Gasteiger partial charge >= 0.3 is 5.97 Å². The maximum absolute atomic E-state index is 15.7. The highest BCUT2D eigenvalue weighted by Gasteiger charge is 2.33. The molecule has 154 valence electrons. The zero-order valence-corrected chi connectivity index (χ0v) is 15.9. The third kappa shape index (κ3) is 2.92. The molecule has 3 heterocycles. The van der Waals surface area contributed by atoms with Gasteiger partial charge in [0.1, 0.15) is 23.4 Å². The number of aromatic carboxylic acids is 1. The van der Waals surface area contributed by atoms with E-state index in [0.717, 1.165) is 24.6 Å². The lowest BCUT2D eigenvalue weighted by atomic mass is 10.1. The van der Waals surface area contributed by atoms with Gasteiger partial charge in [-0.25, -0.2) is 23.5 Å². The fraction of sp³-hybridized carbons (Fsp3) is 0.333. The number of pyridine rings is 1. The second-order valence-corrected chi connectivity index (χ2v) is 7.80. The van der Waals surface area contributed by atoms with Gasteiger partial charge < -0.3 is 14.6 Å². The van der Waals surface area contributed by atoms with E-state index < -0.39 is 28.6 Å². The average molecular weight is 412 g/mol. The van der Waals surface area contributed by atoms with E-state index in [9.17, 15) is 14.7 Å². The minimum Gasteiger partial charge on any atom is -0.477 e. The number of benzene rings is 1. The van der Waals surface area contributed by atoms with E-state index >= 15 is 8.78 Å². The summed E-state index contributed by atoms with van der Waals surface area (Å²) in [6.07, 6.45) is 6.45. The predicted octanol–water partition coefficient (Wildman–Crippen LogP) is 3.10. The first-order valence-corrected chi connectivity index (χ1v) is 9.76. The van der Waals surface area contributed by atoms with Gasteiger partial charge in [0.25, 0.3) is 0 Å². The summed E-state index contributed by atoms with van der Waals surface area (Å²) in [5.74, 6) is -3.09. The molecule has 1 aliphatic heterocycles. The van der Waals surface area contributed by atoms with E-state index in [4.69, 9.17) is 0 Å². The van der Waals surface area contributed by atoms with Crippen LogP contribution in [0.4, 0.5) is 14.5 Å². The van der Waals surface area contributed by atoms with Crippen LogP contribution in [0.1, 0.15) is 47.3 Å². The van der Waals surface area contributed by atoms with E-state index in [1.54, 1.807) is 17.2 Å². The van der Waals surface area contributed by atoms with Crippen molar-refractivity contribution in [3.63, 3.8) is 0 Å². The summed E-state index contributed by atoms with van der Waals surface area (Å²) >= 11 is 0. The Bertz CT molecular complexity index is 1220. The number of anilines is 1. The van der Waals surface area contributed by atoms with Crippen molar-refractivity contribution in [1.82, 2.24) is 14.5 Å². The fourth-order valence-electron chi connectivity index (χ4n) is 4.26. The highest BCUT2D eigenvalue weighted by Crippen LogP contribution is 2.40. The molecule has 30 heavy (non-hydrogen) atoms. The number of rotatable bonds is 4. The van der Waals surface area contributed by atoms with Gasteiger partial charge in [-0.3, -0.25) is 4.79 Å². The molecule has 1 unspecified atom stereocenters. The van der Waals surface area contributed by atoms with Gasteiger partial charge in [0.15, 0.2) is 5.82 Å². The van der Waals surface area contributed by atoms with Crippen LogP contribution in [0.15, 0.2) is 35.6 Å². The third-order valence-corrected chi connectivity index (χ3v) is 5.88. The molecule has 0 radical (unpaired) electrons. The molecule has 5 rings (SSSR count). The Morgan fingerprint density at radius 2 is 2.03 bits per heavy atom. The van der Waals surface area contributed by atoms with Gasteiger partial charge in [-0.1, -0.05) is 0 Å². The zero-order valence-electron chi connectivity index (χ0n) is 15.9. The molecule has 0 amide bonds. The second kappa shape index (κ2) is 6.86. The van der Waals surface area contributed by atoms with Crippen LogP contribution in [0.3, 0.4) is 0 Å². The molecule has 9 heteroatoms. The fourth-order valence-corrected chi connectivity index (χ4v) is 4.26. The largest absolute Gasteiger partial charge is 0.477 e. The summed E-state index contributed by atoms with van der Waals surface area (Å²) < 4.78 is 32.2. The van der Waals surface area contributed by atoms with Crippen LogP contribution in [0, 0.1) is 11.6 Å². The van der Waals surface area contributed by atoms with Crippen LogP contribution in [0.25, 0.3) is 10.9 Å². The van der Waals surface area contributed by atoms with Gasteiger partial charge in [0.05, 0.1) is 10.9 Å². The maximum Gasteiger partial charge on any atom is 0.341 e. The molecule has 1 N–H and O–H groups in total. The molecule has 1 saturated heterocycles. The molecule has 2 aliphatic rings. The molecular weight excluding hydrogens is 394 g/mol. The van der Waals surface area contributed by atoms with Gasteiger partial charge in [-0.2, -0.15) is 0 Å². The summed E-state index contributed by atoms with van der Waals surface area (Å²) in [7, 11) is 0. The van der Waals surface area contributed by atoms with Crippen LogP contribution in [0.5, 0.6) is 0 Å². The molecule has 1 aromatic carbocycles. The summed E-state index contributed by atoms with van der Waals surface area (Å²) in [4.78, 5) is 33.8. The summed E-state index contributed by atoms with van der Waals surface area (Å²) in [5.41, 5.74) is -0.759. The number of halogens is 2. The molecule has 0 spiro atoms. The van der Waals surface area contributed by atoms with Crippen molar-refractivity contribution >= 4 is 22.6 Å². The molecular formula is C21H18F2N4O3. The summed E-state index contributed by atoms with van der Waals surface area (Å²) in [6, 6.07) is 2.67. The van der Waals surface area contributed by atoms with E-state index in [-0.39, 0.29) is 28.6 Å². The highest BCUT2D eigenvalue weighted by molar-refractivity contribution is 5.94. The number of carboxylic acids is 1. The van der Waals surface area contributed by atoms with E-state index in [1.165, 1.54) is 17.1 Å². The molecule has 7 nitrogen and oxygen atoms in total. The number of hydrogen-bond acceptors (Lipinski definition) is 5. The van der Waals surface area contributed by atoms with E-state index in [0.29, 0.717) is 19.5 Å². The van der Waals surface area contributed by atoms with Crippen molar-refractivity contribution in [3.8, 4) is 0 Å². The Balaban J connectivity index is 1.64. The lowest BCUT2D eigenvalue weighted by molar-refractivity contribution is 0.0694. The lowest BCUT2D eigenvalue weighted by Gasteiger charge is -2.22. The van der Waals surface area contributed by atoms with Crippen LogP contribution in [-0.2, 0) is 0 Å². The minimum absolute atomic E-state index is 0.0162. The van der Waals surface area contributed by atoms with Crippen molar-refractivity contribution < 1.29 is 18.7 Å². The molecule has 1 saturated carbocycles. The molecule has 0 bridgehead atoms. The van der Waals surface area contributed by atoms with Gasteiger partial charge in [0.2, 0.25) is 5.43 Å². The van der Waals surface area contributed by atoms with E-state index in [2.05, 4.69) is 9.97 Å². The highest BCUT2D eigenvalue weighted by atomic mass is 19.1. The van der Waals surface area contributed by atoms with Crippen LogP contribution < -0.4 is 10.3 Å². The Morgan fingerprint density at radius 3 is 2.70 bits per heavy atom. The first kappa shape index (κ1) is 18.7. The topological polar surface area (TPSA) is 88.3 Å². The van der Waals surface area contributed by atoms with E-state index in [1.807, 2.05) is 0 Å². The third-order valence-electron chi connectivity index (χ3n) is 5.88. The van der Waals surface area contributed by atoms with Gasteiger partial charge in [-0.15, -0.1) is 0 Å². The second-order valence-electron chi connectivity index (χ2n) is 7.80. The Morgan fingerprint density at radius 1 is 1.23 bits per heavy atom. The molecule has 1 aliphatic carbocycles. The maximum atomic E-state index is 15.7. The molecule has 1 atom stereocenters. The van der Waals surface area contributed by atoms with Crippen LogP contribution in [-0.4, -0.2) is 38.7 Å². The number of nitrogens with zero attached hydrogens (tertiary/aromatic N) is 4. The first-order valence-electron chi connectivity index (χ1n) is 9.76. The first-order chi connectivity index (χ1) is 14.5. The Labute approximate surface area is 169 Å². The van der Waals surface area contributed by atoms with Crippen molar-refractivity contribution in [2.24, 2.45) is 0 Å². The number of aromatic nitrogens is 3. The number of hydrogen-bond donors (Lipinski definition) is 1. The van der Waals surface area contributed by atoms with Crippen molar-refractivity contribution in [3.05, 3.63) is 64.0 Å². The number of fused-ring (bicyclic) bond motifs is 1.